The molecule has 4 N–H and O–H groups in total. The summed E-state index contributed by atoms with van der Waals surface area (Å²) in [6, 6.07) is 13.8. The van der Waals surface area contributed by atoms with Crippen LogP contribution in [0.3, 0.4) is 0 Å². The zero-order valence-corrected chi connectivity index (χ0v) is 24.0. The van der Waals surface area contributed by atoms with Crippen LogP contribution in [-0.4, -0.2) is 35.2 Å². The highest BCUT2D eigenvalue weighted by Gasteiger charge is 2.32. The molecule has 1 saturated heterocycles. The maximum atomic E-state index is 13.3. The zero-order valence-electron chi connectivity index (χ0n) is 24.0. The number of aromatic nitrogens is 1. The fourth-order valence-corrected chi connectivity index (χ4v) is 5.67. The van der Waals surface area contributed by atoms with Crippen LogP contribution < -0.4 is 15.5 Å². The average molecular weight is 533 g/mol. The summed E-state index contributed by atoms with van der Waals surface area (Å²) >= 11 is 0. The van der Waals surface area contributed by atoms with Crippen LogP contribution in [0.15, 0.2) is 48.7 Å². The van der Waals surface area contributed by atoms with Crippen LogP contribution in [0.1, 0.15) is 77.5 Å². The molecule has 2 heterocycles. The molecule has 1 fully saturated rings. The molecule has 1 aromatic heterocycles. The smallest absolute Gasteiger partial charge is 0.319 e. The van der Waals surface area contributed by atoms with Crippen molar-refractivity contribution >= 4 is 34.3 Å². The van der Waals surface area contributed by atoms with Gasteiger partial charge in [0.1, 0.15) is 0 Å². The summed E-state index contributed by atoms with van der Waals surface area (Å²) < 4.78 is 0. The van der Waals surface area contributed by atoms with Gasteiger partial charge in [0.15, 0.2) is 0 Å². The highest BCUT2D eigenvalue weighted by molar-refractivity contribution is 5.94. The van der Waals surface area contributed by atoms with Crippen LogP contribution in [0.25, 0.3) is 10.9 Å². The van der Waals surface area contributed by atoms with E-state index < -0.39 is 11.9 Å². The van der Waals surface area contributed by atoms with Crippen LogP contribution >= 0.6 is 0 Å². The zero-order chi connectivity index (χ0) is 28.2. The Morgan fingerprint density at radius 2 is 1.77 bits per heavy atom. The second-order valence-corrected chi connectivity index (χ2v) is 12.4. The number of aliphatic carboxylic acids is 1. The van der Waals surface area contributed by atoms with Gasteiger partial charge in [-0.15, -0.1) is 0 Å². The van der Waals surface area contributed by atoms with Gasteiger partial charge in [-0.05, 0) is 78.8 Å². The Hall–Kier alpha value is -3.48. The van der Waals surface area contributed by atoms with E-state index in [1.165, 1.54) is 24.9 Å². The fourth-order valence-electron chi connectivity index (χ4n) is 5.67. The standard InChI is InChI=1S/C32H44N4O3/c1-21(2)17-28(24-11-7-8-12-29(24)36-15-9-6-10-16-36)35-31(39)34-23-13-14-27-25(19-23)22(20-33-27)18-26(30(37)38)32(3,4)5/h7-8,11-14,19-21,26,28,33H,6,9-10,15-18H2,1-5H3,(H,37,38)(H2,34,35,39). The van der Waals surface area contributed by atoms with Crippen molar-refractivity contribution in [1.29, 1.82) is 0 Å². The van der Waals surface area contributed by atoms with E-state index in [2.05, 4.69) is 58.6 Å². The van der Waals surface area contributed by atoms with Crippen molar-refractivity contribution in [3.63, 3.8) is 0 Å². The number of piperidine rings is 1. The molecule has 4 rings (SSSR count). The lowest BCUT2D eigenvalue weighted by atomic mass is 9.77. The van der Waals surface area contributed by atoms with Crippen molar-refractivity contribution in [1.82, 2.24) is 10.3 Å². The molecular formula is C32H44N4O3. The van der Waals surface area contributed by atoms with Gasteiger partial charge in [0.05, 0.1) is 12.0 Å². The summed E-state index contributed by atoms with van der Waals surface area (Å²) in [5.74, 6) is -0.909. The van der Waals surface area contributed by atoms with Crippen LogP contribution in [-0.2, 0) is 11.2 Å². The van der Waals surface area contributed by atoms with E-state index in [0.717, 1.165) is 41.5 Å². The molecular weight excluding hydrogens is 488 g/mol. The van der Waals surface area contributed by atoms with Crippen LogP contribution in [0.4, 0.5) is 16.2 Å². The summed E-state index contributed by atoms with van der Waals surface area (Å²) in [6.45, 7) is 12.3. The Labute approximate surface area is 232 Å². The van der Waals surface area contributed by atoms with E-state index in [4.69, 9.17) is 0 Å². The molecule has 2 aromatic carbocycles. The summed E-state index contributed by atoms with van der Waals surface area (Å²) in [7, 11) is 0. The molecule has 210 valence electrons. The second-order valence-electron chi connectivity index (χ2n) is 12.4. The number of para-hydroxylation sites is 1. The molecule has 2 amide bonds. The SMILES string of the molecule is CC(C)CC(NC(=O)Nc1ccc2[nH]cc(CC(C(=O)O)C(C)(C)C)c2c1)c1ccccc1N1CCCCC1. The van der Waals surface area contributed by atoms with Crippen molar-refractivity contribution in [2.24, 2.45) is 17.3 Å². The largest absolute Gasteiger partial charge is 0.481 e. The van der Waals surface area contributed by atoms with Gasteiger partial charge in [-0.3, -0.25) is 4.79 Å². The maximum Gasteiger partial charge on any atom is 0.319 e. The van der Waals surface area contributed by atoms with E-state index in [-0.39, 0.29) is 17.5 Å². The number of amides is 2. The van der Waals surface area contributed by atoms with Crippen LogP contribution in [0.2, 0.25) is 0 Å². The number of nitrogens with zero attached hydrogens (tertiary/aromatic N) is 1. The normalized spacial score (nSPS) is 15.8. The second kappa shape index (κ2) is 12.1. The van der Waals surface area contributed by atoms with E-state index in [9.17, 15) is 14.7 Å². The van der Waals surface area contributed by atoms with E-state index in [1.54, 1.807) is 0 Å². The highest BCUT2D eigenvalue weighted by atomic mass is 16.4. The Bertz CT molecular complexity index is 1280. The van der Waals surface area contributed by atoms with Gasteiger partial charge in [-0.2, -0.15) is 0 Å². The van der Waals surface area contributed by atoms with Gasteiger partial charge in [-0.1, -0.05) is 52.8 Å². The quantitative estimate of drug-likeness (QED) is 0.231. The number of urea groups is 1. The van der Waals surface area contributed by atoms with Crippen LogP contribution in [0, 0.1) is 17.3 Å². The number of carboxylic acids is 1. The Morgan fingerprint density at radius 1 is 1.05 bits per heavy atom. The van der Waals surface area contributed by atoms with Crippen molar-refractivity contribution < 1.29 is 14.7 Å². The number of carbonyl (C=O) groups excluding carboxylic acids is 1. The Balaban J connectivity index is 1.54. The number of nitrogens with one attached hydrogen (secondary N) is 3. The molecule has 0 bridgehead atoms. The number of aromatic amines is 1. The third-order valence-electron chi connectivity index (χ3n) is 7.81. The molecule has 0 radical (unpaired) electrons. The van der Waals surface area contributed by atoms with E-state index in [0.29, 0.717) is 18.0 Å². The summed E-state index contributed by atoms with van der Waals surface area (Å²) in [4.78, 5) is 31.0. The molecule has 7 nitrogen and oxygen atoms in total. The van der Waals surface area contributed by atoms with Gasteiger partial charge in [0, 0.05) is 41.6 Å². The maximum absolute atomic E-state index is 13.3. The minimum absolute atomic E-state index is 0.113. The predicted molar refractivity (Wildman–Crippen MR) is 159 cm³/mol. The summed E-state index contributed by atoms with van der Waals surface area (Å²) in [5.41, 5.74) is 4.53. The molecule has 0 aliphatic carbocycles. The fraction of sp³-hybridized carbons (Fsp3) is 0.500. The van der Waals surface area contributed by atoms with Gasteiger partial charge in [0.2, 0.25) is 0 Å². The number of carbonyl (C=O) groups is 2. The number of rotatable bonds is 9. The molecule has 7 heteroatoms. The lowest BCUT2D eigenvalue weighted by molar-refractivity contribution is -0.145. The first-order valence-electron chi connectivity index (χ1n) is 14.3. The molecule has 1 aliphatic rings. The van der Waals surface area contributed by atoms with Crippen molar-refractivity contribution in [3.8, 4) is 0 Å². The highest BCUT2D eigenvalue weighted by Crippen LogP contribution is 2.34. The molecule has 0 saturated carbocycles. The molecule has 39 heavy (non-hydrogen) atoms. The number of hydrogen-bond acceptors (Lipinski definition) is 3. The van der Waals surface area contributed by atoms with E-state index >= 15 is 0 Å². The predicted octanol–water partition coefficient (Wildman–Crippen LogP) is 7.36. The van der Waals surface area contributed by atoms with Gasteiger partial charge >= 0.3 is 12.0 Å². The van der Waals surface area contributed by atoms with E-state index in [1.807, 2.05) is 45.2 Å². The Morgan fingerprint density at radius 3 is 2.44 bits per heavy atom. The lowest BCUT2D eigenvalue weighted by Crippen LogP contribution is -2.36. The van der Waals surface area contributed by atoms with Crippen molar-refractivity contribution in [2.45, 2.75) is 72.8 Å². The lowest BCUT2D eigenvalue weighted by Gasteiger charge is -2.33. The van der Waals surface area contributed by atoms with Crippen molar-refractivity contribution in [2.75, 3.05) is 23.3 Å². The first kappa shape index (κ1) is 28.5. The monoisotopic (exact) mass is 532 g/mol. The Kier molecular flexibility index (Phi) is 8.88. The third kappa shape index (κ3) is 7.14. The number of carboxylic acid groups (broad SMARTS) is 1. The molecule has 2 unspecified atom stereocenters. The summed E-state index contributed by atoms with van der Waals surface area (Å²) in [5, 5.41) is 17.0. The first-order chi connectivity index (χ1) is 18.5. The molecule has 2 atom stereocenters. The number of benzene rings is 2. The first-order valence-corrected chi connectivity index (χ1v) is 14.3. The van der Waals surface area contributed by atoms with Gasteiger partial charge < -0.3 is 25.6 Å². The summed E-state index contributed by atoms with van der Waals surface area (Å²) in [6.07, 6.45) is 6.80. The molecule has 1 aliphatic heterocycles. The van der Waals surface area contributed by atoms with Gasteiger partial charge in [-0.25, -0.2) is 4.79 Å². The van der Waals surface area contributed by atoms with Crippen LogP contribution in [0.5, 0.6) is 0 Å². The van der Waals surface area contributed by atoms with Crippen molar-refractivity contribution in [3.05, 3.63) is 59.8 Å². The molecule has 0 spiro atoms. The van der Waals surface area contributed by atoms with Gasteiger partial charge in [0.25, 0.3) is 0 Å². The average Bonchev–Trinajstić information content (AvgIpc) is 3.28. The number of hydrogen-bond donors (Lipinski definition) is 4. The number of H-pyrrole nitrogens is 1. The third-order valence-corrected chi connectivity index (χ3v) is 7.81. The topological polar surface area (TPSA) is 97.5 Å². The number of fused-ring (bicyclic) bond motifs is 1. The number of anilines is 2. The molecule has 3 aromatic rings. The minimum atomic E-state index is -0.800. The minimum Gasteiger partial charge on any atom is -0.481 e.